The van der Waals surface area contributed by atoms with Gasteiger partial charge in [0.15, 0.2) is 5.78 Å². The van der Waals surface area contributed by atoms with Crippen molar-refractivity contribution in [3.63, 3.8) is 0 Å². The van der Waals surface area contributed by atoms with E-state index >= 15 is 0 Å². The van der Waals surface area contributed by atoms with Crippen molar-refractivity contribution >= 4 is 5.78 Å². The van der Waals surface area contributed by atoms with Crippen LogP contribution in [0.3, 0.4) is 0 Å². The molecule has 0 radical (unpaired) electrons. The number of aromatic amines is 1. The Bertz CT molecular complexity index is 944. The zero-order valence-corrected chi connectivity index (χ0v) is 12.4. The summed E-state index contributed by atoms with van der Waals surface area (Å²) in [6.07, 6.45) is 2.56. The van der Waals surface area contributed by atoms with E-state index in [0.717, 1.165) is 15.8 Å². The largest absolute Gasteiger partial charge is 0.507 e. The van der Waals surface area contributed by atoms with Crippen LogP contribution in [0.15, 0.2) is 35.5 Å². The topological polar surface area (TPSA) is 114 Å². The van der Waals surface area contributed by atoms with E-state index in [2.05, 4.69) is 20.5 Å². The van der Waals surface area contributed by atoms with Gasteiger partial charge in [-0.15, -0.1) is 5.10 Å². The van der Waals surface area contributed by atoms with Crippen LogP contribution in [0.25, 0.3) is 5.69 Å². The van der Waals surface area contributed by atoms with Crippen LogP contribution in [0, 0.1) is 13.8 Å². The summed E-state index contributed by atoms with van der Waals surface area (Å²) in [4.78, 5) is 27.0. The van der Waals surface area contributed by atoms with Gasteiger partial charge in [-0.25, -0.2) is 0 Å². The highest BCUT2D eigenvalue weighted by Gasteiger charge is 2.17. The van der Waals surface area contributed by atoms with Crippen molar-refractivity contribution in [1.29, 1.82) is 0 Å². The lowest BCUT2D eigenvalue weighted by Gasteiger charge is -2.08. The quantitative estimate of drug-likeness (QED) is 0.695. The molecule has 0 atom stereocenters. The van der Waals surface area contributed by atoms with Crippen molar-refractivity contribution < 1.29 is 9.90 Å². The summed E-state index contributed by atoms with van der Waals surface area (Å²) >= 11 is 0. The summed E-state index contributed by atoms with van der Waals surface area (Å²) in [5.74, 6) is -0.510. The molecule has 0 saturated carbocycles. The van der Waals surface area contributed by atoms with E-state index in [0.29, 0.717) is 0 Å². The first-order valence-corrected chi connectivity index (χ1v) is 6.78. The summed E-state index contributed by atoms with van der Waals surface area (Å²) < 4.78 is 1.16. The van der Waals surface area contributed by atoms with E-state index < -0.39 is 11.3 Å². The maximum absolute atomic E-state index is 12.6. The molecule has 0 spiro atoms. The van der Waals surface area contributed by atoms with Gasteiger partial charge in [0.1, 0.15) is 17.8 Å². The first-order chi connectivity index (χ1) is 11.0. The van der Waals surface area contributed by atoms with E-state index in [1.165, 1.54) is 24.7 Å². The molecular formula is C15H13N5O3. The number of aryl methyl sites for hydroxylation is 2. The molecule has 23 heavy (non-hydrogen) atoms. The number of nitrogens with one attached hydrogen (secondary N) is 1. The second kappa shape index (κ2) is 5.48. The summed E-state index contributed by atoms with van der Waals surface area (Å²) in [6.45, 7) is 3.70. The van der Waals surface area contributed by atoms with Crippen LogP contribution < -0.4 is 5.56 Å². The van der Waals surface area contributed by atoms with Crippen LogP contribution in [0.2, 0.25) is 0 Å². The van der Waals surface area contributed by atoms with E-state index in [4.69, 9.17) is 0 Å². The average Bonchev–Trinajstić information content (AvgIpc) is 3.05. The van der Waals surface area contributed by atoms with Gasteiger partial charge >= 0.3 is 0 Å². The van der Waals surface area contributed by atoms with Crippen molar-refractivity contribution in [2.45, 2.75) is 13.8 Å². The number of benzene rings is 1. The third kappa shape index (κ3) is 2.61. The third-order valence-electron chi connectivity index (χ3n) is 3.60. The van der Waals surface area contributed by atoms with Gasteiger partial charge in [0.05, 0.1) is 5.56 Å². The number of rotatable bonds is 3. The number of ketones is 1. The number of carbonyl (C=O) groups is 1. The molecule has 116 valence electrons. The highest BCUT2D eigenvalue weighted by Crippen LogP contribution is 2.24. The van der Waals surface area contributed by atoms with Crippen molar-refractivity contribution in [3.05, 3.63) is 63.3 Å². The standard InChI is InChI=1S/C15H13N5O3/c1-8-3-11(13(21)4-9(8)2)14(22)10-5-12(15(23)16-6-10)20-7-17-18-19-20/h3-7,21H,1-2H3,(H,16,23). The highest BCUT2D eigenvalue weighted by molar-refractivity contribution is 6.10. The fourth-order valence-electron chi connectivity index (χ4n) is 2.18. The molecule has 0 bridgehead atoms. The molecular weight excluding hydrogens is 298 g/mol. The lowest BCUT2D eigenvalue weighted by molar-refractivity contribution is 0.103. The molecule has 0 saturated heterocycles. The van der Waals surface area contributed by atoms with Crippen molar-refractivity contribution in [2.24, 2.45) is 0 Å². The SMILES string of the molecule is Cc1cc(O)c(C(=O)c2c[nH]c(=O)c(-n3cnnn3)c2)cc1C. The smallest absolute Gasteiger partial charge is 0.274 e. The van der Waals surface area contributed by atoms with Crippen LogP contribution in [0.4, 0.5) is 0 Å². The Labute approximate surface area is 130 Å². The number of aromatic nitrogens is 5. The van der Waals surface area contributed by atoms with Gasteiger partial charge in [-0.2, -0.15) is 4.68 Å². The molecule has 0 fully saturated rings. The van der Waals surface area contributed by atoms with Gasteiger partial charge < -0.3 is 10.1 Å². The summed E-state index contributed by atoms with van der Waals surface area (Å²) in [6, 6.07) is 4.54. The van der Waals surface area contributed by atoms with Crippen LogP contribution >= 0.6 is 0 Å². The van der Waals surface area contributed by atoms with Crippen molar-refractivity contribution in [1.82, 2.24) is 25.2 Å². The molecule has 2 N–H and O–H groups in total. The van der Waals surface area contributed by atoms with E-state index in [1.54, 1.807) is 6.07 Å². The van der Waals surface area contributed by atoms with E-state index in [1.807, 2.05) is 13.8 Å². The Kier molecular flexibility index (Phi) is 3.49. The minimum Gasteiger partial charge on any atom is -0.507 e. The molecule has 0 aliphatic rings. The minimum absolute atomic E-state index is 0.103. The number of carbonyl (C=O) groups excluding carboxylic acids is 1. The second-order valence-corrected chi connectivity index (χ2v) is 5.14. The van der Waals surface area contributed by atoms with Gasteiger partial charge in [-0.05, 0) is 53.6 Å². The molecule has 0 aliphatic heterocycles. The lowest BCUT2D eigenvalue weighted by Crippen LogP contribution is -2.17. The predicted molar refractivity (Wildman–Crippen MR) is 80.8 cm³/mol. The van der Waals surface area contributed by atoms with Crippen LogP contribution in [0.5, 0.6) is 5.75 Å². The Hall–Kier alpha value is -3.29. The van der Waals surface area contributed by atoms with Gasteiger partial charge in [0.25, 0.3) is 5.56 Å². The van der Waals surface area contributed by atoms with Gasteiger partial charge in [0.2, 0.25) is 0 Å². The molecule has 0 aliphatic carbocycles. The number of tetrazole rings is 1. The number of nitrogens with zero attached hydrogens (tertiary/aromatic N) is 4. The second-order valence-electron chi connectivity index (χ2n) is 5.14. The number of hydrogen-bond acceptors (Lipinski definition) is 6. The predicted octanol–water partition coefficient (Wildman–Crippen LogP) is 0.904. The number of phenolic OH excluding ortho intramolecular Hbond substituents is 1. The van der Waals surface area contributed by atoms with E-state index in [-0.39, 0.29) is 22.6 Å². The molecule has 1 aromatic carbocycles. The van der Waals surface area contributed by atoms with Crippen LogP contribution in [0.1, 0.15) is 27.0 Å². The minimum atomic E-state index is -0.432. The fraction of sp³-hybridized carbons (Fsp3) is 0.133. The lowest BCUT2D eigenvalue weighted by atomic mass is 9.99. The maximum Gasteiger partial charge on any atom is 0.274 e. The van der Waals surface area contributed by atoms with Crippen molar-refractivity contribution in [2.75, 3.05) is 0 Å². The highest BCUT2D eigenvalue weighted by atomic mass is 16.3. The van der Waals surface area contributed by atoms with E-state index in [9.17, 15) is 14.7 Å². The number of H-pyrrole nitrogens is 1. The Morgan fingerprint density at radius 2 is 1.96 bits per heavy atom. The maximum atomic E-state index is 12.6. The number of phenols is 1. The number of aromatic hydroxyl groups is 1. The monoisotopic (exact) mass is 311 g/mol. The van der Waals surface area contributed by atoms with Crippen LogP contribution in [-0.4, -0.2) is 36.1 Å². The molecule has 2 aromatic heterocycles. The number of hydrogen-bond donors (Lipinski definition) is 2. The summed E-state index contributed by atoms with van der Waals surface area (Å²) in [5, 5.41) is 20.6. The zero-order chi connectivity index (χ0) is 16.6. The Morgan fingerprint density at radius 1 is 1.22 bits per heavy atom. The normalized spacial score (nSPS) is 10.7. The molecule has 8 heteroatoms. The van der Waals surface area contributed by atoms with Gasteiger partial charge in [0, 0.05) is 11.8 Å². The molecule has 2 heterocycles. The first kappa shape index (κ1) is 14.6. The van der Waals surface area contributed by atoms with Gasteiger partial charge in [-0.3, -0.25) is 9.59 Å². The van der Waals surface area contributed by atoms with Gasteiger partial charge in [-0.1, -0.05) is 0 Å². The fourth-order valence-corrected chi connectivity index (χ4v) is 2.18. The Balaban J connectivity index is 2.09. The summed E-state index contributed by atoms with van der Waals surface area (Å²) in [7, 11) is 0. The molecule has 0 unspecified atom stereocenters. The zero-order valence-electron chi connectivity index (χ0n) is 12.4. The first-order valence-electron chi connectivity index (χ1n) is 6.78. The summed E-state index contributed by atoms with van der Waals surface area (Å²) in [5.41, 5.74) is 1.84. The van der Waals surface area contributed by atoms with Crippen molar-refractivity contribution in [3.8, 4) is 11.4 Å². The third-order valence-corrected chi connectivity index (χ3v) is 3.60. The molecule has 8 nitrogen and oxygen atoms in total. The molecule has 3 aromatic rings. The molecule has 0 amide bonds. The average molecular weight is 311 g/mol. The Morgan fingerprint density at radius 3 is 2.65 bits per heavy atom. The van der Waals surface area contributed by atoms with Crippen LogP contribution in [-0.2, 0) is 0 Å². The number of pyridine rings is 1. The molecule has 3 rings (SSSR count).